The summed E-state index contributed by atoms with van der Waals surface area (Å²) in [6, 6.07) is 7.37. The summed E-state index contributed by atoms with van der Waals surface area (Å²) in [6.07, 6.45) is -0.761. The maximum Gasteiger partial charge on any atom is 0.430 e. The number of nitrogens with zero attached hydrogens (tertiary/aromatic N) is 1. The van der Waals surface area contributed by atoms with E-state index < -0.39 is 50.1 Å². The number of carbonyl (C=O) groups is 3. The molecule has 2 rings (SSSR count). The van der Waals surface area contributed by atoms with E-state index in [0.29, 0.717) is 23.5 Å². The second-order valence-corrected chi connectivity index (χ2v) is 13.4. The molecule has 34 heavy (non-hydrogen) atoms. The Hall–Kier alpha value is -2.07. The Balaban J connectivity index is 2.61. The Morgan fingerprint density at radius 3 is 2.18 bits per heavy atom. The van der Waals surface area contributed by atoms with Gasteiger partial charge in [0, 0.05) is 16.6 Å². The van der Waals surface area contributed by atoms with Crippen LogP contribution in [-0.4, -0.2) is 54.0 Å². The summed E-state index contributed by atoms with van der Waals surface area (Å²) < 4.78 is 22.9. The zero-order valence-electron chi connectivity index (χ0n) is 21.0. The third-order valence-corrected chi connectivity index (χ3v) is 9.09. The van der Waals surface area contributed by atoms with Gasteiger partial charge in [-0.15, -0.1) is 11.8 Å². The van der Waals surface area contributed by atoms with E-state index in [1.54, 1.807) is 71.9 Å². The van der Waals surface area contributed by atoms with Gasteiger partial charge in [-0.1, -0.05) is 37.3 Å². The molecule has 0 radical (unpaired) electrons. The summed E-state index contributed by atoms with van der Waals surface area (Å²) >= 11 is 1.35. The highest BCUT2D eigenvalue weighted by Gasteiger charge is 2.51. The van der Waals surface area contributed by atoms with Gasteiger partial charge in [0.25, 0.3) is 0 Å². The van der Waals surface area contributed by atoms with Gasteiger partial charge in [-0.05, 0) is 65.7 Å². The molecule has 2 amide bonds. The van der Waals surface area contributed by atoms with E-state index in [2.05, 4.69) is 5.43 Å². The van der Waals surface area contributed by atoms with Crippen LogP contribution in [0.2, 0.25) is 0 Å². The second-order valence-electron chi connectivity index (χ2n) is 10.00. The number of Topliss-reactive ketones (excluding diaryl/α,β-unsaturated/α-hetero) is 1. The highest BCUT2D eigenvalue weighted by molar-refractivity contribution is 8.14. The summed E-state index contributed by atoms with van der Waals surface area (Å²) in [5.74, 6) is 0.657. The summed E-state index contributed by atoms with van der Waals surface area (Å²) in [4.78, 5) is 40.2. The molecule has 0 spiro atoms. The van der Waals surface area contributed by atoms with Crippen LogP contribution in [0.25, 0.3) is 0 Å². The van der Waals surface area contributed by atoms with Crippen molar-refractivity contribution >= 4 is 40.5 Å². The molecule has 1 saturated heterocycles. The minimum Gasteiger partial charge on any atom is -0.443 e. The number of hydrogen-bond donors (Lipinski definition) is 1. The molecule has 190 valence electrons. The van der Waals surface area contributed by atoms with Gasteiger partial charge in [-0.2, -0.15) is 0 Å². The third-order valence-electron chi connectivity index (χ3n) is 4.84. The van der Waals surface area contributed by atoms with E-state index in [9.17, 15) is 18.6 Å². The van der Waals surface area contributed by atoms with Crippen LogP contribution in [0.5, 0.6) is 0 Å². The van der Waals surface area contributed by atoms with Crippen molar-refractivity contribution in [2.45, 2.75) is 82.6 Å². The lowest BCUT2D eigenvalue weighted by Crippen LogP contribution is -2.57. The van der Waals surface area contributed by atoms with E-state index in [4.69, 9.17) is 9.47 Å². The van der Waals surface area contributed by atoms with Crippen LogP contribution in [-0.2, 0) is 25.1 Å². The molecule has 1 aromatic rings. The van der Waals surface area contributed by atoms with E-state index in [-0.39, 0.29) is 0 Å². The third kappa shape index (κ3) is 7.21. The average Bonchev–Trinajstić information content (AvgIpc) is 2.72. The normalized spacial score (nSPS) is 21.8. The highest BCUT2D eigenvalue weighted by atomic mass is 32.2. The Morgan fingerprint density at radius 1 is 1.09 bits per heavy atom. The zero-order valence-corrected chi connectivity index (χ0v) is 22.6. The number of ether oxygens (including phenoxy) is 2. The standard InChI is InChI=1S/C24H36N2O6S2/c1-8-24(33-15-12-16-34(24)30)19(27)18(17-13-10-9-11-14-17)26(21(29)32-23(5,6)7)25-20(28)31-22(2,3)4/h9-11,13-14,18H,8,12,15-16H2,1-7H3,(H,25,28)/t18-,24+,34?/m0/s1. The van der Waals surface area contributed by atoms with Gasteiger partial charge in [0.2, 0.25) is 0 Å². The molecule has 1 unspecified atom stereocenters. The predicted molar refractivity (Wildman–Crippen MR) is 135 cm³/mol. The number of hydrogen-bond acceptors (Lipinski definition) is 7. The SMILES string of the molecule is CC[C@@]1(C(=O)[C@H](c2ccccc2)N(NC(=O)OC(C)(C)C)C(=O)OC(C)(C)C)SCCCS1=O. The van der Waals surface area contributed by atoms with Crippen LogP contribution in [0.3, 0.4) is 0 Å². The quantitative estimate of drug-likeness (QED) is 0.556. The van der Waals surface area contributed by atoms with Crippen LogP contribution in [0.15, 0.2) is 30.3 Å². The van der Waals surface area contributed by atoms with Gasteiger partial charge >= 0.3 is 12.2 Å². The van der Waals surface area contributed by atoms with Gasteiger partial charge in [0.15, 0.2) is 9.86 Å². The van der Waals surface area contributed by atoms with Crippen LogP contribution in [0.4, 0.5) is 9.59 Å². The number of ketones is 1. The van der Waals surface area contributed by atoms with Crippen LogP contribution in [0, 0.1) is 0 Å². The molecule has 0 aliphatic carbocycles. The maximum atomic E-state index is 14.2. The minimum absolute atomic E-state index is 0.320. The van der Waals surface area contributed by atoms with Crippen molar-refractivity contribution in [1.29, 1.82) is 0 Å². The van der Waals surface area contributed by atoms with Crippen molar-refractivity contribution in [2.75, 3.05) is 11.5 Å². The fourth-order valence-corrected chi connectivity index (χ4v) is 7.14. The number of amides is 2. The number of carbonyl (C=O) groups excluding carboxylic acids is 3. The molecule has 0 bridgehead atoms. The number of benzene rings is 1. The first-order valence-corrected chi connectivity index (χ1v) is 13.6. The minimum atomic E-state index is -1.45. The van der Waals surface area contributed by atoms with Gasteiger partial charge < -0.3 is 9.47 Å². The van der Waals surface area contributed by atoms with Crippen molar-refractivity contribution in [3.63, 3.8) is 0 Å². The summed E-state index contributed by atoms with van der Waals surface area (Å²) in [6.45, 7) is 12.0. The lowest BCUT2D eigenvalue weighted by atomic mass is 9.98. The molecule has 1 fully saturated rings. The first kappa shape index (κ1) is 28.2. The van der Waals surface area contributed by atoms with Crippen molar-refractivity contribution in [3.05, 3.63) is 35.9 Å². The molecule has 10 heteroatoms. The van der Waals surface area contributed by atoms with Crippen LogP contribution >= 0.6 is 11.8 Å². The van der Waals surface area contributed by atoms with Gasteiger partial charge in [0.05, 0.1) is 0 Å². The van der Waals surface area contributed by atoms with Gasteiger partial charge in [-0.25, -0.2) is 20.0 Å². The van der Waals surface area contributed by atoms with Crippen molar-refractivity contribution in [2.24, 2.45) is 0 Å². The second kappa shape index (κ2) is 11.1. The Morgan fingerprint density at radius 2 is 1.68 bits per heavy atom. The smallest absolute Gasteiger partial charge is 0.430 e. The van der Waals surface area contributed by atoms with Crippen molar-refractivity contribution in [1.82, 2.24) is 10.4 Å². The Bertz CT molecular complexity index is 910. The number of rotatable bonds is 5. The number of hydrazine groups is 1. The highest BCUT2D eigenvalue weighted by Crippen LogP contribution is 2.43. The molecule has 1 heterocycles. The number of thioether (sulfide) groups is 1. The largest absolute Gasteiger partial charge is 0.443 e. The topological polar surface area (TPSA) is 102 Å². The van der Waals surface area contributed by atoms with Crippen LogP contribution < -0.4 is 5.43 Å². The summed E-state index contributed by atoms with van der Waals surface area (Å²) in [7, 11) is -1.45. The zero-order chi connectivity index (χ0) is 25.7. The molecule has 0 aromatic heterocycles. The van der Waals surface area contributed by atoms with E-state index >= 15 is 0 Å². The van der Waals surface area contributed by atoms with Crippen molar-refractivity contribution < 1.29 is 28.1 Å². The summed E-state index contributed by atoms with van der Waals surface area (Å²) in [5, 5.41) is 0.876. The van der Waals surface area contributed by atoms with E-state index in [0.717, 1.165) is 11.4 Å². The Labute approximate surface area is 208 Å². The molecular formula is C24H36N2O6S2. The number of nitrogens with one attached hydrogen (secondary N) is 1. The maximum absolute atomic E-state index is 14.2. The van der Waals surface area contributed by atoms with Crippen LogP contribution in [0.1, 0.15) is 72.9 Å². The Kier molecular flexibility index (Phi) is 9.21. The molecule has 1 aliphatic rings. The molecule has 1 aromatic carbocycles. The van der Waals surface area contributed by atoms with E-state index in [1.165, 1.54) is 11.8 Å². The average molecular weight is 513 g/mol. The molecule has 3 atom stereocenters. The van der Waals surface area contributed by atoms with Gasteiger partial charge in [-0.3, -0.25) is 9.00 Å². The molecular weight excluding hydrogens is 476 g/mol. The fraction of sp³-hybridized carbons (Fsp3) is 0.625. The van der Waals surface area contributed by atoms with Gasteiger partial charge in [0.1, 0.15) is 17.2 Å². The summed E-state index contributed by atoms with van der Waals surface area (Å²) in [5.41, 5.74) is 1.18. The fourth-order valence-electron chi connectivity index (χ4n) is 3.47. The lowest BCUT2D eigenvalue weighted by Gasteiger charge is -2.40. The first-order chi connectivity index (χ1) is 15.7. The molecule has 1 N–H and O–H groups in total. The molecule has 8 nitrogen and oxygen atoms in total. The molecule has 0 saturated carbocycles. The predicted octanol–water partition coefficient (Wildman–Crippen LogP) is 4.97. The first-order valence-electron chi connectivity index (χ1n) is 11.3. The lowest BCUT2D eigenvalue weighted by molar-refractivity contribution is -0.126. The molecule has 1 aliphatic heterocycles. The van der Waals surface area contributed by atoms with E-state index in [1.807, 2.05) is 6.92 Å². The van der Waals surface area contributed by atoms with Crippen molar-refractivity contribution in [3.8, 4) is 0 Å². The monoisotopic (exact) mass is 512 g/mol.